The van der Waals surface area contributed by atoms with E-state index in [-0.39, 0.29) is 33.7 Å². The average Bonchev–Trinajstić information content (AvgIpc) is 2.62. The fraction of sp³-hybridized carbons (Fsp3) is 0.391. The zero-order chi connectivity index (χ0) is 21.8. The highest BCUT2D eigenvalue weighted by Gasteiger charge is 2.68. The van der Waals surface area contributed by atoms with Crippen LogP contribution in [0, 0.1) is 11.3 Å². The Kier molecular flexibility index (Phi) is 4.48. The first-order valence-electron chi connectivity index (χ1n) is 9.94. The van der Waals surface area contributed by atoms with Crippen molar-refractivity contribution in [3.8, 4) is 6.07 Å². The molecule has 2 aromatic rings. The van der Waals surface area contributed by atoms with Crippen LogP contribution in [0.25, 0.3) is 0 Å². The molecule has 156 valence electrons. The van der Waals surface area contributed by atoms with Gasteiger partial charge in [0.25, 0.3) is 5.91 Å². The molecular weight excluding hydrogens is 398 g/mol. The number of amides is 1. The molecule has 3 aliphatic rings. The second-order valence-corrected chi connectivity index (χ2v) is 11.9. The maximum atomic E-state index is 13.0. The van der Waals surface area contributed by atoms with E-state index in [4.69, 9.17) is 0 Å². The summed E-state index contributed by atoms with van der Waals surface area (Å²) in [5.74, 6) is -0.326. The summed E-state index contributed by atoms with van der Waals surface area (Å²) in [5, 5.41) is 12.3. The lowest BCUT2D eigenvalue weighted by atomic mass is 9.37. The Labute approximate surface area is 177 Å². The second kappa shape index (κ2) is 6.58. The maximum absolute atomic E-state index is 13.0. The van der Waals surface area contributed by atoms with Gasteiger partial charge >= 0.3 is 0 Å². The van der Waals surface area contributed by atoms with Crippen molar-refractivity contribution in [2.24, 2.45) is 0 Å². The Morgan fingerprint density at radius 3 is 2.27 bits per heavy atom. The van der Waals surface area contributed by atoms with Crippen LogP contribution in [0.4, 0.5) is 5.69 Å². The van der Waals surface area contributed by atoms with Crippen molar-refractivity contribution < 1.29 is 13.2 Å². The third-order valence-corrected chi connectivity index (χ3v) is 8.34. The summed E-state index contributed by atoms with van der Waals surface area (Å²) in [6.07, 6.45) is 2.65. The Bertz CT molecular complexity index is 1140. The zero-order valence-electron chi connectivity index (χ0n) is 17.3. The van der Waals surface area contributed by atoms with Gasteiger partial charge < -0.3 is 5.32 Å². The number of carbonyl (C=O) groups excluding carboxylic acids is 1. The van der Waals surface area contributed by atoms with Gasteiger partial charge in [-0.1, -0.05) is 30.3 Å². The molecule has 1 amide bonds. The minimum absolute atomic E-state index is 0.130. The fourth-order valence-corrected chi connectivity index (χ4v) is 5.29. The number of benzene rings is 2. The molecule has 30 heavy (non-hydrogen) atoms. The number of carbonyl (C=O) groups is 1. The molecule has 0 heterocycles. The van der Waals surface area contributed by atoms with Gasteiger partial charge in [-0.2, -0.15) is 5.26 Å². The second-order valence-electron chi connectivity index (χ2n) is 9.50. The standard InChI is InChI=1S/C23H25N3O3S/c1-21(2,3)30(28,29)26-19-11-16(12-24)9-10-18(19)20(27)25-23-13-22(14-23,15-23)17-7-5-4-6-8-17/h4-11,26H,13-15H2,1-3H3,(H,25,27). The van der Waals surface area contributed by atoms with Crippen LogP contribution in [0.5, 0.6) is 0 Å². The molecule has 2 N–H and O–H groups in total. The molecule has 5 rings (SSSR count). The first-order valence-corrected chi connectivity index (χ1v) is 11.4. The number of hydrogen-bond acceptors (Lipinski definition) is 4. The normalized spacial score (nSPS) is 24.7. The van der Waals surface area contributed by atoms with Crippen molar-refractivity contribution >= 4 is 21.6 Å². The summed E-state index contributed by atoms with van der Waals surface area (Å²) in [6.45, 7) is 4.73. The molecule has 2 bridgehead atoms. The summed E-state index contributed by atoms with van der Waals surface area (Å²) < 4.78 is 26.7. The molecule has 0 saturated heterocycles. The van der Waals surface area contributed by atoms with Crippen LogP contribution in [0.3, 0.4) is 0 Å². The van der Waals surface area contributed by atoms with Crippen LogP contribution in [0.15, 0.2) is 48.5 Å². The first-order chi connectivity index (χ1) is 14.0. The molecule has 0 aliphatic heterocycles. The topological polar surface area (TPSA) is 99.1 Å². The van der Waals surface area contributed by atoms with Gasteiger partial charge in [-0.05, 0) is 63.8 Å². The predicted octanol–water partition coefficient (Wildman–Crippen LogP) is 3.70. The van der Waals surface area contributed by atoms with Gasteiger partial charge in [0.1, 0.15) is 0 Å². The molecule has 3 fully saturated rings. The van der Waals surface area contributed by atoms with Crippen molar-refractivity contribution in [1.29, 1.82) is 5.26 Å². The summed E-state index contributed by atoms with van der Waals surface area (Å²) in [5.41, 5.74) is 1.85. The van der Waals surface area contributed by atoms with Crippen molar-refractivity contribution in [2.45, 2.75) is 55.7 Å². The number of nitriles is 1. The van der Waals surface area contributed by atoms with Crippen LogP contribution in [-0.2, 0) is 15.4 Å². The Morgan fingerprint density at radius 2 is 1.70 bits per heavy atom. The quantitative estimate of drug-likeness (QED) is 0.766. The smallest absolute Gasteiger partial charge is 0.253 e. The minimum atomic E-state index is -3.74. The van der Waals surface area contributed by atoms with Gasteiger partial charge in [0.05, 0.1) is 27.6 Å². The van der Waals surface area contributed by atoms with E-state index >= 15 is 0 Å². The Hall–Kier alpha value is -2.85. The van der Waals surface area contributed by atoms with Gasteiger partial charge in [0.15, 0.2) is 0 Å². The van der Waals surface area contributed by atoms with E-state index in [1.165, 1.54) is 23.8 Å². The third-order valence-electron chi connectivity index (χ3n) is 6.24. The van der Waals surface area contributed by atoms with Crippen LogP contribution in [0.1, 0.15) is 61.5 Å². The summed E-state index contributed by atoms with van der Waals surface area (Å²) >= 11 is 0. The minimum Gasteiger partial charge on any atom is -0.346 e. The van der Waals surface area contributed by atoms with Crippen molar-refractivity contribution in [3.63, 3.8) is 0 Å². The van der Waals surface area contributed by atoms with Crippen LogP contribution in [-0.4, -0.2) is 24.6 Å². The van der Waals surface area contributed by atoms with Gasteiger partial charge in [-0.3, -0.25) is 9.52 Å². The number of hydrogen-bond donors (Lipinski definition) is 2. The lowest BCUT2D eigenvalue weighted by Crippen LogP contribution is -2.76. The highest BCUT2D eigenvalue weighted by molar-refractivity contribution is 7.94. The largest absolute Gasteiger partial charge is 0.346 e. The lowest BCUT2D eigenvalue weighted by molar-refractivity contribution is -0.0807. The van der Waals surface area contributed by atoms with Gasteiger partial charge in [0, 0.05) is 11.0 Å². The highest BCUT2D eigenvalue weighted by Crippen LogP contribution is 2.67. The number of nitrogens with zero attached hydrogens (tertiary/aromatic N) is 1. The maximum Gasteiger partial charge on any atom is 0.253 e. The molecule has 6 nitrogen and oxygen atoms in total. The Morgan fingerprint density at radius 1 is 1.07 bits per heavy atom. The molecule has 7 heteroatoms. The van der Waals surface area contributed by atoms with Gasteiger partial charge in [0.2, 0.25) is 10.0 Å². The average molecular weight is 424 g/mol. The van der Waals surface area contributed by atoms with Crippen LogP contribution >= 0.6 is 0 Å². The predicted molar refractivity (Wildman–Crippen MR) is 116 cm³/mol. The molecule has 0 unspecified atom stereocenters. The van der Waals surface area contributed by atoms with E-state index in [1.54, 1.807) is 20.8 Å². The summed E-state index contributed by atoms with van der Waals surface area (Å²) in [4.78, 5) is 13.0. The van der Waals surface area contributed by atoms with E-state index in [0.717, 1.165) is 19.3 Å². The summed E-state index contributed by atoms with van der Waals surface area (Å²) in [7, 11) is -3.74. The molecule has 0 atom stereocenters. The number of sulfonamides is 1. The Balaban J connectivity index is 1.54. The zero-order valence-corrected chi connectivity index (χ0v) is 18.1. The van der Waals surface area contributed by atoms with Crippen LogP contribution in [0.2, 0.25) is 0 Å². The molecule has 0 radical (unpaired) electrons. The van der Waals surface area contributed by atoms with E-state index in [1.807, 2.05) is 24.3 Å². The van der Waals surface area contributed by atoms with Crippen molar-refractivity contribution in [3.05, 3.63) is 65.2 Å². The molecule has 2 aromatic carbocycles. The van der Waals surface area contributed by atoms with E-state index in [0.29, 0.717) is 0 Å². The molecule has 3 saturated carbocycles. The van der Waals surface area contributed by atoms with E-state index < -0.39 is 14.8 Å². The number of anilines is 1. The molecule has 3 aliphatic carbocycles. The SMILES string of the molecule is CC(C)(C)S(=O)(=O)Nc1cc(C#N)ccc1C(=O)NC12CC(c3ccccc3)(C1)C2. The molecule has 0 spiro atoms. The third kappa shape index (κ3) is 3.25. The molecule has 0 aromatic heterocycles. The number of rotatable bonds is 5. The number of nitrogens with one attached hydrogen (secondary N) is 2. The van der Waals surface area contributed by atoms with Crippen molar-refractivity contribution in [1.82, 2.24) is 5.32 Å². The first kappa shape index (κ1) is 20.4. The van der Waals surface area contributed by atoms with E-state index in [2.05, 4.69) is 22.2 Å². The monoisotopic (exact) mass is 423 g/mol. The van der Waals surface area contributed by atoms with Gasteiger partial charge in [-0.15, -0.1) is 0 Å². The van der Waals surface area contributed by atoms with Gasteiger partial charge in [-0.25, -0.2) is 8.42 Å². The highest BCUT2D eigenvalue weighted by atomic mass is 32.2. The van der Waals surface area contributed by atoms with E-state index in [9.17, 15) is 18.5 Å². The van der Waals surface area contributed by atoms with Crippen molar-refractivity contribution in [2.75, 3.05) is 4.72 Å². The van der Waals surface area contributed by atoms with Crippen LogP contribution < -0.4 is 10.0 Å². The molecular formula is C23H25N3O3S. The fourth-order valence-electron chi connectivity index (χ4n) is 4.52. The summed E-state index contributed by atoms with van der Waals surface area (Å²) in [6, 6.07) is 16.8. The lowest BCUT2D eigenvalue weighted by Gasteiger charge is -2.71.